The average molecular weight is 377 g/mol. The summed E-state index contributed by atoms with van der Waals surface area (Å²) in [6, 6.07) is 27.4. The van der Waals surface area contributed by atoms with Gasteiger partial charge in [0.05, 0.1) is 11.4 Å². The molecule has 3 aromatic carbocycles. The number of hydrogen-bond acceptors (Lipinski definition) is 3. The van der Waals surface area contributed by atoms with Crippen molar-refractivity contribution in [2.45, 2.75) is 16.5 Å². The Hall–Kier alpha value is -3.05. The van der Waals surface area contributed by atoms with Gasteiger partial charge in [-0.15, -0.1) is 0 Å². The van der Waals surface area contributed by atoms with Gasteiger partial charge in [0.1, 0.15) is 17.4 Å². The highest BCUT2D eigenvalue weighted by atomic mass is 32.2. The lowest BCUT2D eigenvalue weighted by Crippen LogP contribution is -2.14. The van der Waals surface area contributed by atoms with Crippen LogP contribution in [0.4, 0.5) is 0 Å². The molecule has 27 heavy (non-hydrogen) atoms. The van der Waals surface area contributed by atoms with Crippen molar-refractivity contribution in [3.8, 4) is 5.75 Å². The number of sulfone groups is 1. The molecule has 136 valence electrons. The van der Waals surface area contributed by atoms with Gasteiger partial charge in [0.25, 0.3) is 0 Å². The Labute approximate surface area is 158 Å². The van der Waals surface area contributed by atoms with Crippen molar-refractivity contribution in [2.75, 3.05) is 6.61 Å². The molecular weight excluding hydrogens is 358 g/mol. The van der Waals surface area contributed by atoms with Crippen molar-refractivity contribution in [1.82, 2.24) is 4.57 Å². The Morgan fingerprint density at radius 2 is 1.41 bits per heavy atom. The van der Waals surface area contributed by atoms with Crippen molar-refractivity contribution in [3.05, 3.63) is 91.0 Å². The SMILES string of the molecule is O=S(=O)(c1ccccc1)c1cc2ccccc2n1CCOc1ccccc1. The molecule has 4 aromatic rings. The van der Waals surface area contributed by atoms with E-state index in [1.807, 2.05) is 65.2 Å². The van der Waals surface area contributed by atoms with Crippen LogP contribution in [0.5, 0.6) is 5.75 Å². The van der Waals surface area contributed by atoms with Crippen LogP contribution in [-0.2, 0) is 16.4 Å². The van der Waals surface area contributed by atoms with Gasteiger partial charge in [0.15, 0.2) is 0 Å². The molecule has 0 spiro atoms. The fourth-order valence-corrected chi connectivity index (χ4v) is 4.65. The summed E-state index contributed by atoms with van der Waals surface area (Å²) in [4.78, 5) is 0.290. The first-order chi connectivity index (χ1) is 13.2. The summed E-state index contributed by atoms with van der Waals surface area (Å²) in [5.41, 5.74) is 0.878. The van der Waals surface area contributed by atoms with Gasteiger partial charge in [-0.05, 0) is 36.4 Å². The zero-order valence-corrected chi connectivity index (χ0v) is 15.5. The molecule has 4 nitrogen and oxygen atoms in total. The maximum Gasteiger partial charge on any atom is 0.222 e. The summed E-state index contributed by atoms with van der Waals surface area (Å²) in [7, 11) is -3.62. The minimum absolute atomic E-state index is 0.284. The van der Waals surface area contributed by atoms with Crippen LogP contribution < -0.4 is 4.74 Å². The topological polar surface area (TPSA) is 48.3 Å². The fraction of sp³-hybridized carbons (Fsp3) is 0.0909. The summed E-state index contributed by atoms with van der Waals surface area (Å²) < 4.78 is 34.0. The van der Waals surface area contributed by atoms with E-state index in [4.69, 9.17) is 4.74 Å². The summed E-state index contributed by atoms with van der Waals surface area (Å²) in [6.07, 6.45) is 0. The third kappa shape index (κ3) is 3.46. The first-order valence-corrected chi connectivity index (χ1v) is 10.2. The van der Waals surface area contributed by atoms with Crippen molar-refractivity contribution in [3.63, 3.8) is 0 Å². The molecule has 0 amide bonds. The minimum atomic E-state index is -3.62. The standard InChI is InChI=1S/C22H19NO3S/c24-27(25,20-12-5-2-6-13-20)22-17-18-9-7-8-14-21(18)23(22)15-16-26-19-10-3-1-4-11-19/h1-14,17H,15-16H2. The van der Waals surface area contributed by atoms with Crippen LogP contribution >= 0.6 is 0 Å². The first kappa shape index (κ1) is 17.4. The molecule has 0 fully saturated rings. The third-order valence-electron chi connectivity index (χ3n) is 4.43. The number of hydrogen-bond donors (Lipinski definition) is 0. The van der Waals surface area contributed by atoms with Gasteiger partial charge >= 0.3 is 0 Å². The lowest BCUT2D eigenvalue weighted by atomic mass is 10.2. The molecule has 0 saturated heterocycles. The number of rotatable bonds is 6. The quantitative estimate of drug-likeness (QED) is 0.495. The van der Waals surface area contributed by atoms with E-state index in [1.54, 1.807) is 30.3 Å². The molecule has 0 aliphatic rings. The molecule has 1 heterocycles. The number of fused-ring (bicyclic) bond motifs is 1. The third-order valence-corrected chi connectivity index (χ3v) is 6.21. The Morgan fingerprint density at radius 1 is 0.778 bits per heavy atom. The number of para-hydroxylation sites is 2. The van der Waals surface area contributed by atoms with E-state index in [-0.39, 0.29) is 9.92 Å². The fourth-order valence-electron chi connectivity index (χ4n) is 3.13. The van der Waals surface area contributed by atoms with E-state index >= 15 is 0 Å². The zero-order chi connectivity index (χ0) is 18.7. The Morgan fingerprint density at radius 3 is 2.15 bits per heavy atom. The first-order valence-electron chi connectivity index (χ1n) is 8.72. The van der Waals surface area contributed by atoms with Crippen LogP contribution in [0, 0.1) is 0 Å². The molecule has 5 heteroatoms. The van der Waals surface area contributed by atoms with Gasteiger partial charge in [-0.3, -0.25) is 0 Å². The lowest BCUT2D eigenvalue weighted by Gasteiger charge is -2.12. The largest absolute Gasteiger partial charge is 0.492 e. The molecule has 0 aliphatic carbocycles. The van der Waals surface area contributed by atoms with Crippen LogP contribution in [-0.4, -0.2) is 19.6 Å². The highest BCUT2D eigenvalue weighted by molar-refractivity contribution is 7.91. The predicted octanol–water partition coefficient (Wildman–Crippen LogP) is 4.55. The van der Waals surface area contributed by atoms with Gasteiger partial charge in [0, 0.05) is 10.9 Å². The van der Waals surface area contributed by atoms with Crippen molar-refractivity contribution >= 4 is 20.7 Å². The summed E-state index contributed by atoms with van der Waals surface area (Å²) in [6.45, 7) is 0.809. The number of aromatic nitrogens is 1. The second kappa shape index (κ2) is 7.29. The maximum atomic E-state index is 13.2. The predicted molar refractivity (Wildman–Crippen MR) is 106 cm³/mol. The molecule has 0 atom stereocenters. The van der Waals surface area contributed by atoms with E-state index in [9.17, 15) is 8.42 Å². The average Bonchev–Trinajstić information content (AvgIpc) is 3.09. The van der Waals surface area contributed by atoms with Gasteiger partial charge in [0.2, 0.25) is 9.84 Å². The maximum absolute atomic E-state index is 13.2. The molecule has 0 radical (unpaired) electrons. The van der Waals surface area contributed by atoms with Crippen LogP contribution in [0.15, 0.2) is 101 Å². The summed E-state index contributed by atoms with van der Waals surface area (Å²) in [5, 5.41) is 1.18. The Balaban J connectivity index is 1.71. The smallest absolute Gasteiger partial charge is 0.222 e. The Bertz CT molecular complexity index is 1150. The molecular formula is C22H19NO3S. The minimum Gasteiger partial charge on any atom is -0.492 e. The van der Waals surface area contributed by atoms with Crippen LogP contribution in [0.1, 0.15) is 0 Å². The van der Waals surface area contributed by atoms with E-state index in [1.165, 1.54) is 0 Å². The van der Waals surface area contributed by atoms with Gasteiger partial charge in [-0.2, -0.15) is 0 Å². The highest BCUT2D eigenvalue weighted by Gasteiger charge is 2.23. The van der Waals surface area contributed by atoms with Gasteiger partial charge in [-0.25, -0.2) is 8.42 Å². The highest BCUT2D eigenvalue weighted by Crippen LogP contribution is 2.28. The Kier molecular flexibility index (Phi) is 4.69. The van der Waals surface area contributed by atoms with Crippen LogP contribution in [0.25, 0.3) is 10.9 Å². The molecule has 4 rings (SSSR count). The second-order valence-corrected chi connectivity index (χ2v) is 8.07. The number of ether oxygens (including phenoxy) is 1. The van der Waals surface area contributed by atoms with Crippen molar-refractivity contribution in [2.24, 2.45) is 0 Å². The van der Waals surface area contributed by atoms with Crippen molar-refractivity contribution in [1.29, 1.82) is 0 Å². The number of nitrogens with zero attached hydrogens (tertiary/aromatic N) is 1. The second-order valence-electron chi connectivity index (χ2n) is 6.17. The molecule has 1 aromatic heterocycles. The van der Waals surface area contributed by atoms with Crippen LogP contribution in [0.3, 0.4) is 0 Å². The van der Waals surface area contributed by atoms with E-state index in [0.29, 0.717) is 13.2 Å². The normalized spacial score (nSPS) is 11.6. The number of benzene rings is 3. The van der Waals surface area contributed by atoms with Gasteiger partial charge < -0.3 is 9.30 Å². The molecule has 0 saturated carbocycles. The molecule has 0 N–H and O–H groups in total. The van der Waals surface area contributed by atoms with E-state index in [0.717, 1.165) is 16.7 Å². The van der Waals surface area contributed by atoms with Crippen molar-refractivity contribution < 1.29 is 13.2 Å². The van der Waals surface area contributed by atoms with E-state index in [2.05, 4.69) is 0 Å². The molecule has 0 unspecified atom stereocenters. The summed E-state index contributed by atoms with van der Waals surface area (Å²) in [5.74, 6) is 0.765. The zero-order valence-electron chi connectivity index (χ0n) is 14.7. The monoisotopic (exact) mass is 377 g/mol. The lowest BCUT2D eigenvalue weighted by molar-refractivity contribution is 0.296. The summed E-state index contributed by atoms with van der Waals surface area (Å²) >= 11 is 0. The van der Waals surface area contributed by atoms with E-state index < -0.39 is 9.84 Å². The molecule has 0 bridgehead atoms. The van der Waals surface area contributed by atoms with Gasteiger partial charge in [-0.1, -0.05) is 54.6 Å². The van der Waals surface area contributed by atoms with Crippen LogP contribution in [0.2, 0.25) is 0 Å². The molecule has 0 aliphatic heterocycles.